The number of hydrogen-bond donors (Lipinski definition) is 2. The van der Waals surface area contributed by atoms with E-state index in [1.165, 1.54) is 0 Å². The van der Waals surface area contributed by atoms with Crippen molar-refractivity contribution < 1.29 is 0 Å². The lowest BCUT2D eigenvalue weighted by atomic mass is 10.0. The summed E-state index contributed by atoms with van der Waals surface area (Å²) in [6, 6.07) is 2.07. The molecular formula is C13H15N7. The summed E-state index contributed by atoms with van der Waals surface area (Å²) in [4.78, 5) is 12.0. The van der Waals surface area contributed by atoms with E-state index in [4.69, 9.17) is 0 Å². The van der Waals surface area contributed by atoms with Gasteiger partial charge in [-0.2, -0.15) is 0 Å². The second-order valence-corrected chi connectivity index (χ2v) is 5.16. The number of nitrogens with one attached hydrogen (secondary N) is 2. The van der Waals surface area contributed by atoms with Gasteiger partial charge in [0.25, 0.3) is 0 Å². The molecule has 0 aromatic carbocycles. The van der Waals surface area contributed by atoms with Crippen molar-refractivity contribution >= 4 is 5.65 Å². The molecule has 0 spiro atoms. The molecule has 3 aromatic rings. The minimum Gasteiger partial charge on any atom is -0.347 e. The maximum Gasteiger partial charge on any atom is 0.164 e. The van der Waals surface area contributed by atoms with E-state index in [9.17, 15) is 0 Å². The van der Waals surface area contributed by atoms with Crippen molar-refractivity contribution in [1.82, 2.24) is 34.9 Å². The van der Waals surface area contributed by atoms with Crippen LogP contribution in [-0.2, 0) is 13.0 Å². The van der Waals surface area contributed by atoms with Crippen molar-refractivity contribution in [3.63, 3.8) is 0 Å². The van der Waals surface area contributed by atoms with Crippen LogP contribution in [0, 0.1) is 13.8 Å². The summed E-state index contributed by atoms with van der Waals surface area (Å²) in [7, 11) is 0. The van der Waals surface area contributed by atoms with Crippen LogP contribution < -0.4 is 5.32 Å². The lowest BCUT2D eigenvalue weighted by Gasteiger charge is -2.21. The largest absolute Gasteiger partial charge is 0.347 e. The predicted molar refractivity (Wildman–Crippen MR) is 72.1 cm³/mol. The van der Waals surface area contributed by atoms with Gasteiger partial charge in [0.1, 0.15) is 5.82 Å². The van der Waals surface area contributed by atoms with Crippen molar-refractivity contribution in [1.29, 1.82) is 0 Å². The molecule has 0 radical (unpaired) electrons. The number of aryl methyl sites for hydroxylation is 2. The van der Waals surface area contributed by atoms with Crippen LogP contribution in [0.4, 0.5) is 0 Å². The fraction of sp³-hybridized carbons (Fsp3) is 0.385. The van der Waals surface area contributed by atoms with Crippen LogP contribution in [0.15, 0.2) is 12.4 Å². The van der Waals surface area contributed by atoms with Gasteiger partial charge in [-0.05, 0) is 13.8 Å². The van der Waals surface area contributed by atoms with Gasteiger partial charge in [-0.3, -0.25) is 4.40 Å². The first-order valence-electron chi connectivity index (χ1n) is 6.66. The molecule has 0 aliphatic carbocycles. The third-order valence-corrected chi connectivity index (χ3v) is 3.75. The Balaban J connectivity index is 1.80. The number of fused-ring (bicyclic) bond motifs is 2. The minimum absolute atomic E-state index is 0.115. The first-order valence-corrected chi connectivity index (χ1v) is 6.66. The van der Waals surface area contributed by atoms with Crippen LogP contribution in [-0.4, -0.2) is 29.5 Å². The molecule has 20 heavy (non-hydrogen) atoms. The third kappa shape index (κ3) is 1.63. The molecule has 0 saturated carbocycles. The van der Waals surface area contributed by atoms with Gasteiger partial charge in [-0.1, -0.05) is 0 Å². The monoisotopic (exact) mass is 269 g/mol. The van der Waals surface area contributed by atoms with Crippen LogP contribution in [0.1, 0.15) is 34.8 Å². The van der Waals surface area contributed by atoms with Gasteiger partial charge >= 0.3 is 0 Å². The van der Waals surface area contributed by atoms with Crippen LogP contribution in [0.25, 0.3) is 5.65 Å². The molecule has 1 aliphatic heterocycles. The maximum absolute atomic E-state index is 4.50. The van der Waals surface area contributed by atoms with Gasteiger partial charge in [-0.25, -0.2) is 9.97 Å². The average molecular weight is 269 g/mol. The lowest BCUT2D eigenvalue weighted by Crippen LogP contribution is -2.30. The summed E-state index contributed by atoms with van der Waals surface area (Å²) >= 11 is 0. The molecule has 2 N–H and O–H groups in total. The Hall–Kier alpha value is -2.28. The number of nitrogens with zero attached hydrogens (tertiary/aromatic N) is 5. The van der Waals surface area contributed by atoms with E-state index < -0.39 is 0 Å². The first kappa shape index (κ1) is 11.5. The van der Waals surface area contributed by atoms with Gasteiger partial charge in [0.05, 0.1) is 23.8 Å². The summed E-state index contributed by atoms with van der Waals surface area (Å²) in [6.45, 7) is 4.72. The number of rotatable bonds is 1. The lowest BCUT2D eigenvalue weighted by molar-refractivity contribution is 0.463. The highest BCUT2D eigenvalue weighted by molar-refractivity contribution is 5.40. The highest BCUT2D eigenvalue weighted by Gasteiger charge is 2.25. The standard InChI is InChI=1S/C13H15N7/c1-7-3-12-18-19-13(20(12)8(2)17-7)10-4-9-11(5-14-10)16-6-15-9/h3,6,10,14H,4-5H2,1-2H3,(H,15,16). The molecule has 0 fully saturated rings. The smallest absolute Gasteiger partial charge is 0.164 e. The molecule has 7 nitrogen and oxygen atoms in total. The van der Waals surface area contributed by atoms with E-state index in [2.05, 4.69) is 30.5 Å². The van der Waals surface area contributed by atoms with Gasteiger partial charge in [0, 0.05) is 24.7 Å². The number of H-pyrrole nitrogens is 1. The highest BCUT2D eigenvalue weighted by Crippen LogP contribution is 2.23. The van der Waals surface area contributed by atoms with Gasteiger partial charge in [0.2, 0.25) is 0 Å². The van der Waals surface area contributed by atoms with E-state index in [1.807, 2.05) is 24.3 Å². The molecule has 1 unspecified atom stereocenters. The summed E-state index contributed by atoms with van der Waals surface area (Å²) in [5, 5.41) is 12.1. The topological polar surface area (TPSA) is 83.8 Å². The van der Waals surface area contributed by atoms with Crippen molar-refractivity contribution in [2.45, 2.75) is 32.9 Å². The zero-order chi connectivity index (χ0) is 13.7. The Labute approximate surface area is 115 Å². The van der Waals surface area contributed by atoms with Gasteiger partial charge < -0.3 is 10.3 Å². The van der Waals surface area contributed by atoms with E-state index >= 15 is 0 Å². The SMILES string of the molecule is Cc1cc2nnc(C3Cc4nc[nH]c4CN3)n2c(C)n1. The summed E-state index contributed by atoms with van der Waals surface area (Å²) in [5.74, 6) is 1.81. The van der Waals surface area contributed by atoms with Crippen molar-refractivity contribution in [2.75, 3.05) is 0 Å². The zero-order valence-electron chi connectivity index (χ0n) is 11.4. The number of aromatic nitrogens is 6. The molecule has 7 heteroatoms. The molecule has 4 rings (SSSR count). The van der Waals surface area contributed by atoms with Gasteiger partial charge in [0.15, 0.2) is 11.5 Å². The Morgan fingerprint density at radius 3 is 3.10 bits per heavy atom. The second kappa shape index (κ2) is 4.11. The minimum atomic E-state index is 0.115. The fourth-order valence-electron chi connectivity index (χ4n) is 2.84. The second-order valence-electron chi connectivity index (χ2n) is 5.16. The molecule has 0 bridgehead atoms. The predicted octanol–water partition coefficient (Wildman–Crippen LogP) is 0.851. The first-order chi connectivity index (χ1) is 9.72. The molecule has 3 aromatic heterocycles. The number of imidazole rings is 1. The van der Waals surface area contributed by atoms with Gasteiger partial charge in [-0.15, -0.1) is 10.2 Å². The highest BCUT2D eigenvalue weighted by atomic mass is 15.3. The molecule has 1 aliphatic rings. The summed E-state index contributed by atoms with van der Waals surface area (Å²) in [6.07, 6.45) is 2.56. The maximum atomic E-state index is 4.50. The zero-order valence-corrected chi connectivity index (χ0v) is 11.4. The molecule has 102 valence electrons. The van der Waals surface area contributed by atoms with E-state index in [-0.39, 0.29) is 6.04 Å². The van der Waals surface area contributed by atoms with Crippen molar-refractivity contribution in [2.24, 2.45) is 0 Å². The Bertz CT molecular complexity index is 785. The van der Waals surface area contributed by atoms with Crippen LogP contribution in [0.5, 0.6) is 0 Å². The Morgan fingerprint density at radius 2 is 2.20 bits per heavy atom. The van der Waals surface area contributed by atoms with Crippen LogP contribution >= 0.6 is 0 Å². The van der Waals surface area contributed by atoms with Crippen molar-refractivity contribution in [3.05, 3.63) is 41.1 Å². The number of hydrogen-bond acceptors (Lipinski definition) is 5. The quantitative estimate of drug-likeness (QED) is 0.684. The number of aromatic amines is 1. The molecule has 0 amide bonds. The summed E-state index contributed by atoms with van der Waals surface area (Å²) < 4.78 is 2.02. The van der Waals surface area contributed by atoms with Crippen LogP contribution in [0.3, 0.4) is 0 Å². The Morgan fingerprint density at radius 1 is 1.30 bits per heavy atom. The normalized spacial score (nSPS) is 18.4. The van der Waals surface area contributed by atoms with Crippen LogP contribution in [0.2, 0.25) is 0 Å². The Kier molecular flexibility index (Phi) is 2.37. The summed E-state index contributed by atoms with van der Waals surface area (Å²) in [5.41, 5.74) is 4.06. The molecular weight excluding hydrogens is 254 g/mol. The molecule has 0 saturated heterocycles. The van der Waals surface area contributed by atoms with Crippen molar-refractivity contribution in [3.8, 4) is 0 Å². The molecule has 1 atom stereocenters. The van der Waals surface area contributed by atoms with E-state index in [0.717, 1.165) is 47.3 Å². The van der Waals surface area contributed by atoms with E-state index in [1.54, 1.807) is 6.33 Å². The average Bonchev–Trinajstić information content (AvgIpc) is 3.03. The molecule has 4 heterocycles. The van der Waals surface area contributed by atoms with E-state index in [0.29, 0.717) is 0 Å². The fourth-order valence-corrected chi connectivity index (χ4v) is 2.84. The third-order valence-electron chi connectivity index (χ3n) is 3.75.